The highest BCUT2D eigenvalue weighted by Crippen LogP contribution is 2.23. The molecule has 0 unspecified atom stereocenters. The van der Waals surface area contributed by atoms with Gasteiger partial charge in [0.1, 0.15) is 16.9 Å². The van der Waals surface area contributed by atoms with Crippen molar-refractivity contribution in [3.05, 3.63) is 46.2 Å². The van der Waals surface area contributed by atoms with Gasteiger partial charge in [0.25, 0.3) is 0 Å². The summed E-state index contributed by atoms with van der Waals surface area (Å²) in [6.45, 7) is 4.65. The molecule has 0 aliphatic rings. The lowest BCUT2D eigenvalue weighted by Crippen LogP contribution is -1.99. The van der Waals surface area contributed by atoms with Crippen LogP contribution in [0.4, 0.5) is 0 Å². The van der Waals surface area contributed by atoms with Gasteiger partial charge in [0.15, 0.2) is 0 Å². The minimum absolute atomic E-state index is 0.00583. The molecule has 0 saturated heterocycles. The predicted molar refractivity (Wildman–Crippen MR) is 91.2 cm³/mol. The number of hydrogen-bond acceptors (Lipinski definition) is 7. The van der Waals surface area contributed by atoms with Crippen molar-refractivity contribution in [3.8, 4) is 17.1 Å². The second-order valence-electron chi connectivity index (χ2n) is 5.19. The zero-order chi connectivity index (χ0) is 16.9. The van der Waals surface area contributed by atoms with E-state index < -0.39 is 0 Å². The molecule has 0 amide bonds. The van der Waals surface area contributed by atoms with E-state index in [0.717, 1.165) is 22.0 Å². The largest absolute Gasteiger partial charge is 0.497 e. The minimum Gasteiger partial charge on any atom is -0.497 e. The molecule has 24 heavy (non-hydrogen) atoms. The van der Waals surface area contributed by atoms with E-state index in [1.165, 1.54) is 0 Å². The van der Waals surface area contributed by atoms with E-state index in [9.17, 15) is 0 Å². The van der Waals surface area contributed by atoms with Crippen molar-refractivity contribution in [2.24, 2.45) is 0 Å². The SMILES string of the molecule is CCO[C@@H](C)c1nc(Cc2nc(-c3ccc(OC)cc3)no2)cs1. The molecule has 1 aromatic carbocycles. The fourth-order valence-electron chi connectivity index (χ4n) is 2.25. The monoisotopic (exact) mass is 345 g/mol. The highest BCUT2D eigenvalue weighted by molar-refractivity contribution is 7.09. The molecule has 0 fully saturated rings. The van der Waals surface area contributed by atoms with Gasteiger partial charge in [-0.25, -0.2) is 4.98 Å². The predicted octanol–water partition coefficient (Wildman–Crippen LogP) is 3.89. The minimum atomic E-state index is 0.00583. The molecule has 2 aromatic heterocycles. The summed E-state index contributed by atoms with van der Waals surface area (Å²) in [6, 6.07) is 7.54. The third-order valence-electron chi connectivity index (χ3n) is 3.48. The molecule has 0 aliphatic carbocycles. The number of benzene rings is 1. The fraction of sp³-hybridized carbons (Fsp3) is 0.353. The van der Waals surface area contributed by atoms with Crippen LogP contribution in [0.1, 0.15) is 36.5 Å². The molecule has 0 N–H and O–H groups in total. The van der Waals surface area contributed by atoms with Crippen LogP contribution in [-0.2, 0) is 11.2 Å². The number of rotatable bonds is 7. The first-order chi connectivity index (χ1) is 11.7. The van der Waals surface area contributed by atoms with Crippen molar-refractivity contribution in [2.75, 3.05) is 13.7 Å². The van der Waals surface area contributed by atoms with Gasteiger partial charge in [-0.15, -0.1) is 11.3 Å². The quantitative estimate of drug-likeness (QED) is 0.647. The Hall–Kier alpha value is -2.25. The molecule has 1 atom stereocenters. The average Bonchev–Trinajstić information content (AvgIpc) is 3.25. The maximum Gasteiger partial charge on any atom is 0.233 e. The Balaban J connectivity index is 1.69. The van der Waals surface area contributed by atoms with E-state index in [2.05, 4.69) is 15.1 Å². The number of hydrogen-bond donors (Lipinski definition) is 0. The number of methoxy groups -OCH3 is 1. The lowest BCUT2D eigenvalue weighted by molar-refractivity contribution is 0.0761. The highest BCUT2D eigenvalue weighted by atomic mass is 32.1. The number of ether oxygens (including phenoxy) is 2. The molecular weight excluding hydrogens is 326 g/mol. The molecule has 0 aliphatic heterocycles. The normalized spacial score (nSPS) is 12.3. The van der Waals surface area contributed by atoms with Gasteiger partial charge in [-0.2, -0.15) is 4.98 Å². The molecule has 0 bridgehead atoms. The summed E-state index contributed by atoms with van der Waals surface area (Å²) in [5.74, 6) is 1.90. The molecule has 0 spiro atoms. The fourth-order valence-corrected chi connectivity index (χ4v) is 3.07. The van der Waals surface area contributed by atoms with Gasteiger partial charge in [-0.3, -0.25) is 0 Å². The lowest BCUT2D eigenvalue weighted by Gasteiger charge is -2.06. The van der Waals surface area contributed by atoms with Gasteiger partial charge in [-0.1, -0.05) is 5.16 Å². The first-order valence-corrected chi connectivity index (χ1v) is 8.60. The summed E-state index contributed by atoms with van der Waals surface area (Å²) in [7, 11) is 1.63. The Morgan fingerprint density at radius 2 is 2.00 bits per heavy atom. The molecule has 7 heteroatoms. The standard InChI is InChI=1S/C17H19N3O3S/c1-4-22-11(2)17-18-13(10-24-17)9-15-19-16(20-23-15)12-5-7-14(21-3)8-6-12/h5-8,10-11H,4,9H2,1-3H3/t11-/m0/s1. The second-order valence-corrected chi connectivity index (χ2v) is 6.08. The Morgan fingerprint density at radius 3 is 2.71 bits per heavy atom. The smallest absolute Gasteiger partial charge is 0.233 e. The molecule has 0 radical (unpaired) electrons. The summed E-state index contributed by atoms with van der Waals surface area (Å²) >= 11 is 1.58. The molecule has 3 aromatic rings. The third kappa shape index (κ3) is 3.80. The molecule has 2 heterocycles. The van der Waals surface area contributed by atoms with E-state index >= 15 is 0 Å². The first kappa shape index (κ1) is 16.6. The van der Waals surface area contributed by atoms with Crippen LogP contribution >= 0.6 is 11.3 Å². The Morgan fingerprint density at radius 1 is 1.21 bits per heavy atom. The molecule has 0 saturated carbocycles. The van der Waals surface area contributed by atoms with Crippen LogP contribution < -0.4 is 4.74 Å². The molecule has 126 valence electrons. The van der Waals surface area contributed by atoms with Crippen molar-refractivity contribution >= 4 is 11.3 Å². The van der Waals surface area contributed by atoms with Gasteiger partial charge in [0.2, 0.25) is 11.7 Å². The topological polar surface area (TPSA) is 70.3 Å². The summed E-state index contributed by atoms with van der Waals surface area (Å²) < 4.78 is 16.0. The first-order valence-electron chi connectivity index (χ1n) is 7.72. The van der Waals surface area contributed by atoms with Crippen LogP contribution in [0.15, 0.2) is 34.2 Å². The molecule has 6 nitrogen and oxygen atoms in total. The van der Waals surface area contributed by atoms with E-state index in [1.54, 1.807) is 18.4 Å². The zero-order valence-corrected chi connectivity index (χ0v) is 14.7. The Bertz CT molecular complexity index is 782. The lowest BCUT2D eigenvalue weighted by atomic mass is 10.2. The molecule has 3 rings (SSSR count). The van der Waals surface area contributed by atoms with Gasteiger partial charge >= 0.3 is 0 Å². The summed E-state index contributed by atoms with van der Waals surface area (Å²) in [5.41, 5.74) is 1.79. The van der Waals surface area contributed by atoms with Gasteiger partial charge in [-0.05, 0) is 38.1 Å². The third-order valence-corrected chi connectivity index (χ3v) is 4.54. The van der Waals surface area contributed by atoms with Gasteiger partial charge < -0.3 is 14.0 Å². The second kappa shape index (κ2) is 7.55. The zero-order valence-electron chi connectivity index (χ0n) is 13.9. The maximum atomic E-state index is 5.56. The van der Waals surface area contributed by atoms with Crippen molar-refractivity contribution in [1.29, 1.82) is 0 Å². The van der Waals surface area contributed by atoms with Gasteiger partial charge in [0, 0.05) is 17.6 Å². The highest BCUT2D eigenvalue weighted by Gasteiger charge is 2.14. The Kier molecular flexibility index (Phi) is 5.22. The van der Waals surface area contributed by atoms with Crippen LogP contribution in [0.2, 0.25) is 0 Å². The number of thiazole rings is 1. The Labute approximate surface area is 144 Å². The van der Waals surface area contributed by atoms with Crippen molar-refractivity contribution < 1.29 is 14.0 Å². The van der Waals surface area contributed by atoms with Crippen LogP contribution in [0.3, 0.4) is 0 Å². The average molecular weight is 345 g/mol. The van der Waals surface area contributed by atoms with Crippen LogP contribution in [-0.4, -0.2) is 28.8 Å². The van der Waals surface area contributed by atoms with E-state index in [0.29, 0.717) is 24.7 Å². The van der Waals surface area contributed by atoms with E-state index in [1.807, 2.05) is 43.5 Å². The van der Waals surface area contributed by atoms with Crippen LogP contribution in [0.5, 0.6) is 5.75 Å². The molecular formula is C17H19N3O3S. The summed E-state index contributed by atoms with van der Waals surface area (Å²) in [4.78, 5) is 9.01. The van der Waals surface area contributed by atoms with Crippen molar-refractivity contribution in [3.63, 3.8) is 0 Å². The number of nitrogens with zero attached hydrogens (tertiary/aromatic N) is 3. The maximum absolute atomic E-state index is 5.56. The van der Waals surface area contributed by atoms with E-state index in [-0.39, 0.29) is 6.10 Å². The van der Waals surface area contributed by atoms with E-state index in [4.69, 9.17) is 14.0 Å². The van der Waals surface area contributed by atoms with Crippen molar-refractivity contribution in [1.82, 2.24) is 15.1 Å². The summed E-state index contributed by atoms with van der Waals surface area (Å²) in [5, 5.41) is 7.00. The van der Waals surface area contributed by atoms with Gasteiger partial charge in [0.05, 0.1) is 19.2 Å². The summed E-state index contributed by atoms with van der Waals surface area (Å²) in [6.07, 6.45) is 0.518. The van der Waals surface area contributed by atoms with Crippen LogP contribution in [0, 0.1) is 0 Å². The van der Waals surface area contributed by atoms with Crippen molar-refractivity contribution in [2.45, 2.75) is 26.4 Å². The van der Waals surface area contributed by atoms with Crippen LogP contribution in [0.25, 0.3) is 11.4 Å². The number of aromatic nitrogens is 3.